The number of carbonyl (C=O) groups is 2. The minimum absolute atomic E-state index is 0.0147. The van der Waals surface area contributed by atoms with E-state index in [0.717, 1.165) is 11.5 Å². The highest BCUT2D eigenvalue weighted by Crippen LogP contribution is 2.01. The van der Waals surface area contributed by atoms with Crippen molar-refractivity contribution in [2.45, 2.75) is 0 Å². The highest BCUT2D eigenvalue weighted by molar-refractivity contribution is 8.00. The summed E-state index contributed by atoms with van der Waals surface area (Å²) in [6.45, 7) is 4.13. The molecule has 134 valence electrons. The Hall–Kier alpha value is -0.480. The SMILES string of the molecule is O=C1CSCCOCCSCC(=O)NCCOCCOCCN1. The Kier molecular flexibility index (Phi) is 13.5. The van der Waals surface area contributed by atoms with Gasteiger partial charge in [0, 0.05) is 24.6 Å². The lowest BCUT2D eigenvalue weighted by molar-refractivity contribution is -0.119. The van der Waals surface area contributed by atoms with Gasteiger partial charge in [-0.15, -0.1) is 23.5 Å². The van der Waals surface area contributed by atoms with Crippen LogP contribution in [-0.2, 0) is 23.8 Å². The zero-order valence-electron chi connectivity index (χ0n) is 13.3. The second kappa shape index (κ2) is 15.1. The fraction of sp³-hybridized carbons (Fsp3) is 0.857. The topological polar surface area (TPSA) is 85.9 Å². The van der Waals surface area contributed by atoms with E-state index in [1.54, 1.807) is 23.5 Å². The number of amides is 2. The molecular formula is C14H26N2O5S2. The van der Waals surface area contributed by atoms with Crippen molar-refractivity contribution < 1.29 is 23.8 Å². The summed E-state index contributed by atoms with van der Waals surface area (Å²) in [5, 5.41) is 5.60. The van der Waals surface area contributed by atoms with Gasteiger partial charge in [0.1, 0.15) is 0 Å². The van der Waals surface area contributed by atoms with Crippen LogP contribution in [0.25, 0.3) is 0 Å². The zero-order valence-corrected chi connectivity index (χ0v) is 15.0. The summed E-state index contributed by atoms with van der Waals surface area (Å²) < 4.78 is 16.1. The van der Waals surface area contributed by atoms with E-state index in [-0.39, 0.29) is 11.8 Å². The number of hydrogen-bond acceptors (Lipinski definition) is 7. The second-order valence-electron chi connectivity index (χ2n) is 4.64. The van der Waals surface area contributed by atoms with E-state index >= 15 is 0 Å². The Morgan fingerprint density at radius 3 is 1.57 bits per heavy atom. The van der Waals surface area contributed by atoms with Gasteiger partial charge in [-0.2, -0.15) is 0 Å². The van der Waals surface area contributed by atoms with Crippen LogP contribution in [-0.4, -0.2) is 87.6 Å². The van der Waals surface area contributed by atoms with Crippen LogP contribution in [0.2, 0.25) is 0 Å². The van der Waals surface area contributed by atoms with Crippen molar-refractivity contribution in [2.75, 3.05) is 75.7 Å². The third-order valence-electron chi connectivity index (χ3n) is 2.72. The Morgan fingerprint density at radius 1 is 0.652 bits per heavy atom. The van der Waals surface area contributed by atoms with Gasteiger partial charge in [-0.05, 0) is 0 Å². The molecule has 1 saturated heterocycles. The standard InChI is InChI=1S/C14H26N2O5S2/c17-13-11-22-9-7-21-8-10-23-12-14(18)16-2-4-20-6-5-19-3-1-15-13/h1-12H2,(H,15,17)(H,16,18). The molecule has 0 bridgehead atoms. The van der Waals surface area contributed by atoms with E-state index in [1.165, 1.54) is 0 Å². The normalized spacial score (nSPS) is 22.4. The molecule has 0 aliphatic carbocycles. The van der Waals surface area contributed by atoms with Crippen LogP contribution in [0.3, 0.4) is 0 Å². The average molecular weight is 367 g/mol. The van der Waals surface area contributed by atoms with E-state index in [9.17, 15) is 9.59 Å². The molecule has 0 saturated carbocycles. The van der Waals surface area contributed by atoms with Crippen LogP contribution in [0, 0.1) is 0 Å². The molecule has 0 radical (unpaired) electrons. The predicted molar refractivity (Wildman–Crippen MR) is 93.1 cm³/mol. The molecule has 1 aliphatic heterocycles. The first-order valence-corrected chi connectivity index (χ1v) is 10.0. The van der Waals surface area contributed by atoms with Gasteiger partial charge in [0.05, 0.1) is 51.1 Å². The number of hydrogen-bond donors (Lipinski definition) is 2. The molecule has 0 aromatic rings. The van der Waals surface area contributed by atoms with E-state index in [2.05, 4.69) is 10.6 Å². The van der Waals surface area contributed by atoms with E-state index in [4.69, 9.17) is 14.2 Å². The monoisotopic (exact) mass is 366 g/mol. The summed E-state index contributed by atoms with van der Waals surface area (Å²) in [4.78, 5) is 23.1. The van der Waals surface area contributed by atoms with Crippen LogP contribution in [0.1, 0.15) is 0 Å². The maximum absolute atomic E-state index is 11.5. The summed E-state index contributed by atoms with van der Waals surface area (Å²) in [6, 6.07) is 0. The molecule has 2 N–H and O–H groups in total. The molecule has 0 aromatic heterocycles. The fourth-order valence-corrected chi connectivity index (χ4v) is 2.95. The average Bonchev–Trinajstić information content (AvgIpc) is 2.54. The molecule has 9 heteroatoms. The first-order chi connectivity index (χ1) is 11.3. The number of ether oxygens (including phenoxy) is 3. The summed E-state index contributed by atoms with van der Waals surface area (Å²) in [7, 11) is 0. The summed E-state index contributed by atoms with van der Waals surface area (Å²) in [5.74, 6) is 2.46. The molecule has 0 spiro atoms. The number of nitrogens with one attached hydrogen (secondary N) is 2. The predicted octanol–water partition coefficient (Wildman–Crippen LogP) is -0.251. The van der Waals surface area contributed by atoms with Crippen molar-refractivity contribution in [1.29, 1.82) is 0 Å². The number of thioether (sulfide) groups is 2. The molecule has 7 nitrogen and oxygen atoms in total. The largest absolute Gasteiger partial charge is 0.380 e. The van der Waals surface area contributed by atoms with E-state index < -0.39 is 0 Å². The Morgan fingerprint density at radius 2 is 1.09 bits per heavy atom. The minimum atomic E-state index is 0.0147. The number of rotatable bonds is 0. The van der Waals surface area contributed by atoms with Gasteiger partial charge < -0.3 is 24.8 Å². The third kappa shape index (κ3) is 13.6. The van der Waals surface area contributed by atoms with Crippen molar-refractivity contribution in [3.05, 3.63) is 0 Å². The third-order valence-corrected chi connectivity index (χ3v) is 4.56. The van der Waals surface area contributed by atoms with Crippen molar-refractivity contribution in [3.63, 3.8) is 0 Å². The molecule has 2 amide bonds. The van der Waals surface area contributed by atoms with Crippen LogP contribution in [0.5, 0.6) is 0 Å². The van der Waals surface area contributed by atoms with Gasteiger partial charge in [-0.25, -0.2) is 0 Å². The van der Waals surface area contributed by atoms with Crippen LogP contribution >= 0.6 is 23.5 Å². The minimum Gasteiger partial charge on any atom is -0.380 e. The van der Waals surface area contributed by atoms with Gasteiger partial charge in [-0.3, -0.25) is 9.59 Å². The van der Waals surface area contributed by atoms with Gasteiger partial charge in [0.2, 0.25) is 11.8 Å². The Balaban J connectivity index is 2.17. The first kappa shape index (κ1) is 20.6. The Labute approximate surface area is 145 Å². The molecule has 1 heterocycles. The number of carbonyl (C=O) groups excluding carboxylic acids is 2. The molecule has 23 heavy (non-hydrogen) atoms. The Bertz CT molecular complexity index is 304. The van der Waals surface area contributed by atoms with Crippen LogP contribution < -0.4 is 10.6 Å². The van der Waals surface area contributed by atoms with E-state index in [0.29, 0.717) is 64.2 Å². The molecule has 0 atom stereocenters. The summed E-state index contributed by atoms with van der Waals surface area (Å²) >= 11 is 3.09. The first-order valence-electron chi connectivity index (χ1n) is 7.71. The lowest BCUT2D eigenvalue weighted by Gasteiger charge is -2.08. The van der Waals surface area contributed by atoms with Gasteiger partial charge in [0.25, 0.3) is 0 Å². The van der Waals surface area contributed by atoms with Gasteiger partial charge >= 0.3 is 0 Å². The molecule has 1 fully saturated rings. The summed E-state index contributed by atoms with van der Waals surface area (Å²) in [6.07, 6.45) is 0. The smallest absolute Gasteiger partial charge is 0.230 e. The molecule has 1 aliphatic rings. The summed E-state index contributed by atoms with van der Waals surface area (Å²) in [5.41, 5.74) is 0. The fourth-order valence-electron chi connectivity index (χ4n) is 1.62. The lowest BCUT2D eigenvalue weighted by Crippen LogP contribution is -2.30. The quantitative estimate of drug-likeness (QED) is 0.611. The van der Waals surface area contributed by atoms with Crippen molar-refractivity contribution >= 4 is 35.3 Å². The maximum atomic E-state index is 11.5. The van der Waals surface area contributed by atoms with E-state index in [1.807, 2.05) is 0 Å². The van der Waals surface area contributed by atoms with Crippen molar-refractivity contribution in [3.8, 4) is 0 Å². The molecule has 0 aromatic carbocycles. The van der Waals surface area contributed by atoms with Crippen molar-refractivity contribution in [1.82, 2.24) is 10.6 Å². The van der Waals surface area contributed by atoms with Gasteiger partial charge in [-0.1, -0.05) is 0 Å². The highest BCUT2D eigenvalue weighted by Gasteiger charge is 2.03. The molecular weight excluding hydrogens is 340 g/mol. The zero-order chi connectivity index (χ0) is 16.6. The maximum Gasteiger partial charge on any atom is 0.230 e. The molecule has 1 rings (SSSR count). The highest BCUT2D eigenvalue weighted by atomic mass is 32.2. The van der Waals surface area contributed by atoms with Crippen LogP contribution in [0.4, 0.5) is 0 Å². The van der Waals surface area contributed by atoms with Gasteiger partial charge in [0.15, 0.2) is 0 Å². The lowest BCUT2D eigenvalue weighted by atomic mass is 10.6. The van der Waals surface area contributed by atoms with Crippen LogP contribution in [0.15, 0.2) is 0 Å². The van der Waals surface area contributed by atoms with Crippen molar-refractivity contribution in [2.24, 2.45) is 0 Å². The second-order valence-corrected chi connectivity index (χ2v) is 6.85. The molecule has 0 unspecified atom stereocenters.